The summed E-state index contributed by atoms with van der Waals surface area (Å²) in [7, 11) is 2.72. The predicted molar refractivity (Wildman–Crippen MR) is 146 cm³/mol. The fourth-order valence-electron chi connectivity index (χ4n) is 5.12. The molecule has 38 heavy (non-hydrogen) atoms. The zero-order valence-electron chi connectivity index (χ0n) is 21.6. The zero-order chi connectivity index (χ0) is 28.0. The van der Waals surface area contributed by atoms with Gasteiger partial charge in [0.15, 0.2) is 16.0 Å². The van der Waals surface area contributed by atoms with Gasteiger partial charge in [-0.25, -0.2) is 14.4 Å². The number of carbonyl (C=O) groups is 4. The monoisotopic (exact) mass is 571 g/mol. The molecule has 0 aromatic carbocycles. The van der Waals surface area contributed by atoms with E-state index in [4.69, 9.17) is 14.2 Å². The lowest BCUT2D eigenvalue weighted by molar-refractivity contribution is -0.162. The summed E-state index contributed by atoms with van der Waals surface area (Å²) < 4.78 is 10.2. The Morgan fingerprint density at radius 2 is 1.92 bits per heavy atom. The number of β-lactam (4-membered cyclic amide) rings is 1. The molecule has 3 aliphatic heterocycles. The summed E-state index contributed by atoms with van der Waals surface area (Å²) in [5.41, 5.74) is 1.06. The van der Waals surface area contributed by atoms with Crippen molar-refractivity contribution in [1.29, 1.82) is 0 Å². The number of nitrogens with one attached hydrogen (secondary N) is 4. The summed E-state index contributed by atoms with van der Waals surface area (Å²) in [5, 5.41) is 24.3. The Hall–Kier alpha value is -2.28. The predicted octanol–water partition coefficient (Wildman–Crippen LogP) is -2.39. The van der Waals surface area contributed by atoms with Crippen molar-refractivity contribution < 1.29 is 38.4 Å². The molecule has 0 saturated carbocycles. The van der Waals surface area contributed by atoms with Gasteiger partial charge < -0.3 is 39.5 Å². The molecule has 208 valence electrons. The Bertz CT molecular complexity index is 1000. The van der Waals surface area contributed by atoms with Gasteiger partial charge in [-0.1, -0.05) is 6.92 Å². The third-order valence-corrected chi connectivity index (χ3v) is 7.73. The van der Waals surface area contributed by atoms with Crippen LogP contribution in [0.3, 0.4) is 0 Å². The van der Waals surface area contributed by atoms with Crippen molar-refractivity contribution in [2.45, 2.75) is 32.4 Å². The van der Waals surface area contributed by atoms with Gasteiger partial charge in [-0.15, -0.1) is 4.99 Å². The van der Waals surface area contributed by atoms with Crippen LogP contribution in [0.25, 0.3) is 0 Å². The maximum atomic E-state index is 12.9. The number of guanidine groups is 1. The van der Waals surface area contributed by atoms with Gasteiger partial charge in [0.25, 0.3) is 0 Å². The highest BCUT2D eigenvalue weighted by Gasteiger charge is 2.60. The van der Waals surface area contributed by atoms with E-state index in [2.05, 4.69) is 30.5 Å². The number of carboxylic acid groups (broad SMARTS) is 1. The summed E-state index contributed by atoms with van der Waals surface area (Å²) in [6, 6.07) is -0.290. The molecule has 19 heteroatoms. The molecular formula is C19H33B2N7O8P2. The number of nitrogens with zero attached hydrogens (tertiary/aromatic N) is 3. The minimum absolute atomic E-state index is 0.105. The van der Waals surface area contributed by atoms with Gasteiger partial charge >= 0.3 is 18.2 Å². The SMILES string of the molecule is BNPOC(=O)N/C(=N/C(=O)O)NC[C@H]1CCN(CC2=C(C(=O)OPNB)N3C(=O)C([C@@H](C)O)C3[C@H]2C)C1. The second-order valence-electron chi connectivity index (χ2n) is 9.25. The van der Waals surface area contributed by atoms with Crippen LogP contribution in [0.2, 0.25) is 0 Å². The number of aliphatic imine (C=N–C) groups is 1. The van der Waals surface area contributed by atoms with Crippen molar-refractivity contribution in [1.82, 2.24) is 30.4 Å². The number of aliphatic hydroxyl groups excluding tert-OH is 1. The first kappa shape index (κ1) is 30.3. The molecule has 0 spiro atoms. The Balaban J connectivity index is 1.65. The average Bonchev–Trinajstić information content (AvgIpc) is 3.40. The van der Waals surface area contributed by atoms with Crippen LogP contribution in [-0.2, 0) is 18.6 Å². The highest BCUT2D eigenvalue weighted by atomic mass is 31.1. The third kappa shape index (κ3) is 7.02. The molecule has 7 atom stereocenters. The molecule has 0 aromatic rings. The van der Waals surface area contributed by atoms with Gasteiger partial charge in [-0.2, -0.15) is 0 Å². The van der Waals surface area contributed by atoms with Crippen LogP contribution in [-0.4, -0.2) is 104 Å². The summed E-state index contributed by atoms with van der Waals surface area (Å²) in [4.78, 5) is 61.0. The Morgan fingerprint density at radius 3 is 2.55 bits per heavy atom. The molecule has 0 aliphatic carbocycles. The minimum Gasteiger partial charge on any atom is -0.463 e. The molecule has 3 amide bonds. The van der Waals surface area contributed by atoms with E-state index in [1.165, 1.54) is 4.90 Å². The number of rotatable bonds is 10. The Morgan fingerprint density at radius 1 is 1.24 bits per heavy atom. The number of likely N-dealkylation sites (tertiary alicyclic amines) is 1. The van der Waals surface area contributed by atoms with Gasteiger partial charge in [-0.3, -0.25) is 15.0 Å². The molecule has 0 radical (unpaired) electrons. The van der Waals surface area contributed by atoms with Gasteiger partial charge in [0.2, 0.25) is 11.9 Å². The molecule has 3 rings (SSSR count). The molecule has 3 heterocycles. The summed E-state index contributed by atoms with van der Waals surface area (Å²) in [6.07, 6.45) is -2.35. The topological polar surface area (TPSA) is 194 Å². The fraction of sp³-hybridized carbons (Fsp3) is 0.632. The number of hydrogen-bond acceptors (Lipinski definition) is 10. The number of hydrogen-bond donors (Lipinski definition) is 6. The second-order valence-corrected chi connectivity index (χ2v) is 11.1. The van der Waals surface area contributed by atoms with E-state index in [0.29, 0.717) is 26.2 Å². The third-order valence-electron chi connectivity index (χ3n) is 6.75. The maximum Gasteiger partial charge on any atom is 0.434 e. The molecule has 2 saturated heterocycles. The molecule has 6 N–H and O–H groups in total. The van der Waals surface area contributed by atoms with Crippen LogP contribution in [0.4, 0.5) is 9.59 Å². The van der Waals surface area contributed by atoms with Crippen LogP contribution < -0.4 is 20.6 Å². The molecule has 0 bridgehead atoms. The van der Waals surface area contributed by atoms with Crippen molar-refractivity contribution in [3.63, 3.8) is 0 Å². The molecule has 15 nitrogen and oxygen atoms in total. The minimum atomic E-state index is -1.47. The van der Waals surface area contributed by atoms with Crippen molar-refractivity contribution >= 4 is 63.9 Å². The lowest BCUT2D eigenvalue weighted by atomic mass is 9.77. The number of aliphatic hydroxyl groups is 1. The Labute approximate surface area is 225 Å². The van der Waals surface area contributed by atoms with Crippen molar-refractivity contribution in [2.24, 2.45) is 22.7 Å². The van der Waals surface area contributed by atoms with E-state index in [1.54, 1.807) is 22.9 Å². The first-order chi connectivity index (χ1) is 18.1. The maximum absolute atomic E-state index is 12.9. The highest BCUT2D eigenvalue weighted by molar-refractivity contribution is 7.32. The molecule has 0 aromatic heterocycles. The number of fused-ring (bicyclic) bond motifs is 1. The summed E-state index contributed by atoms with van der Waals surface area (Å²) in [6.45, 7) is 5.68. The summed E-state index contributed by atoms with van der Waals surface area (Å²) >= 11 is 0. The molecule has 3 aliphatic rings. The van der Waals surface area contributed by atoms with Crippen LogP contribution in [0.5, 0.6) is 0 Å². The standard InChI is InChI=1S/C19H33B2N7O8P2/c1-8-11(14(16(31)35-37-25-20)28-13(8)12(9(2)29)15(28)30)7-27-4-3-10(6-27)5-22-17(23-18(32)33)24-19(34)36-38-26-21/h8-10,12-13,25-26,29,37-38H,3-7,20-21H2,1-2H3,(H,32,33)(H2,22,23,24,34)/t8-,9+,10+,12?,13?/m0/s1. The van der Waals surface area contributed by atoms with Gasteiger partial charge in [-0.05, 0) is 31.4 Å². The summed E-state index contributed by atoms with van der Waals surface area (Å²) in [5.74, 6) is -1.66. The fourth-order valence-corrected chi connectivity index (χ4v) is 5.66. The van der Waals surface area contributed by atoms with Crippen LogP contribution >= 0.6 is 17.9 Å². The van der Waals surface area contributed by atoms with Gasteiger partial charge in [0.1, 0.15) is 23.6 Å². The number of carbonyl (C=O) groups excluding carboxylic acids is 3. The highest BCUT2D eigenvalue weighted by Crippen LogP contribution is 2.48. The smallest absolute Gasteiger partial charge is 0.434 e. The Kier molecular flexibility index (Phi) is 10.9. The van der Waals surface area contributed by atoms with E-state index in [1.807, 2.05) is 6.92 Å². The average molecular weight is 571 g/mol. The van der Waals surface area contributed by atoms with Crippen molar-refractivity contribution in [3.05, 3.63) is 11.3 Å². The van der Waals surface area contributed by atoms with Crippen molar-refractivity contribution in [3.8, 4) is 0 Å². The normalized spacial score (nSPS) is 26.7. The van der Waals surface area contributed by atoms with E-state index >= 15 is 0 Å². The van der Waals surface area contributed by atoms with E-state index in [9.17, 15) is 24.3 Å². The largest absolute Gasteiger partial charge is 0.463 e. The van der Waals surface area contributed by atoms with Gasteiger partial charge in [0, 0.05) is 25.6 Å². The first-order valence-corrected chi connectivity index (χ1v) is 13.9. The van der Waals surface area contributed by atoms with Crippen LogP contribution in [0.1, 0.15) is 20.3 Å². The second kappa shape index (κ2) is 13.7. The van der Waals surface area contributed by atoms with E-state index < -0.39 is 30.2 Å². The van der Waals surface area contributed by atoms with Crippen LogP contribution in [0, 0.1) is 17.8 Å². The lowest BCUT2D eigenvalue weighted by Gasteiger charge is -2.46. The van der Waals surface area contributed by atoms with E-state index in [0.717, 1.165) is 12.0 Å². The first-order valence-electron chi connectivity index (χ1n) is 12.1. The quantitative estimate of drug-likeness (QED) is 0.0537. The number of amides is 3. The lowest BCUT2D eigenvalue weighted by Crippen LogP contribution is -2.63. The van der Waals surface area contributed by atoms with Crippen molar-refractivity contribution in [2.75, 3.05) is 26.2 Å². The zero-order valence-corrected chi connectivity index (χ0v) is 23.6. The van der Waals surface area contributed by atoms with E-state index in [-0.39, 0.29) is 53.4 Å². The molecule has 4 unspecified atom stereocenters. The molecule has 2 fully saturated rings. The molecular weight excluding hydrogens is 538 g/mol. The van der Waals surface area contributed by atoms with Gasteiger partial charge in [0.05, 0.1) is 18.1 Å². The van der Waals surface area contributed by atoms with Crippen LogP contribution in [0.15, 0.2) is 16.3 Å².